The molecule has 3 aliphatic rings. The molecule has 0 aliphatic carbocycles. The van der Waals surface area contributed by atoms with E-state index < -0.39 is 0 Å². The van der Waals surface area contributed by atoms with Crippen LogP contribution in [0.4, 0.5) is 5.69 Å². The van der Waals surface area contributed by atoms with Gasteiger partial charge in [0.15, 0.2) is 0 Å². The first-order chi connectivity index (χ1) is 16.5. The SMILES string of the molecule is CCCNC(=O)C[C@H]1CC[C@@H]2[C@@H](COc3ccc(NC(=O)C4CCOCC4)cc3C(=O)N2C)O1. The molecule has 4 rings (SSSR count). The van der Waals surface area contributed by atoms with Crippen LogP contribution >= 0.6 is 0 Å². The van der Waals surface area contributed by atoms with E-state index in [1.165, 1.54) is 0 Å². The predicted octanol–water partition coefficient (Wildman–Crippen LogP) is 2.35. The fraction of sp³-hybridized carbons (Fsp3) is 0.640. The lowest BCUT2D eigenvalue weighted by molar-refractivity contribution is -0.134. The first kappa shape index (κ1) is 24.5. The number of fused-ring (bicyclic) bond motifs is 2. The van der Waals surface area contributed by atoms with Gasteiger partial charge in [0.05, 0.1) is 24.1 Å². The van der Waals surface area contributed by atoms with Gasteiger partial charge in [-0.3, -0.25) is 14.4 Å². The minimum Gasteiger partial charge on any atom is -0.490 e. The van der Waals surface area contributed by atoms with Crippen molar-refractivity contribution in [3.63, 3.8) is 0 Å². The van der Waals surface area contributed by atoms with Gasteiger partial charge in [-0.15, -0.1) is 0 Å². The Balaban J connectivity index is 1.43. The van der Waals surface area contributed by atoms with Gasteiger partial charge in [-0.25, -0.2) is 0 Å². The third-order valence-corrected chi connectivity index (χ3v) is 6.86. The lowest BCUT2D eigenvalue weighted by atomic mass is 9.94. The molecule has 1 aromatic rings. The Morgan fingerprint density at radius 1 is 1.15 bits per heavy atom. The van der Waals surface area contributed by atoms with Crippen molar-refractivity contribution in [3.05, 3.63) is 23.8 Å². The third kappa shape index (κ3) is 5.70. The zero-order chi connectivity index (χ0) is 24.1. The predicted molar refractivity (Wildman–Crippen MR) is 126 cm³/mol. The van der Waals surface area contributed by atoms with Crippen LogP contribution in [0.1, 0.15) is 55.8 Å². The normalized spacial score (nSPS) is 25.3. The average Bonchev–Trinajstić information content (AvgIpc) is 2.85. The molecule has 2 fully saturated rings. The fourth-order valence-corrected chi connectivity index (χ4v) is 4.85. The van der Waals surface area contributed by atoms with E-state index in [1.54, 1.807) is 30.1 Å². The van der Waals surface area contributed by atoms with Crippen molar-refractivity contribution in [2.24, 2.45) is 5.92 Å². The molecule has 0 unspecified atom stereocenters. The molecule has 0 aromatic heterocycles. The zero-order valence-corrected chi connectivity index (χ0v) is 20.0. The number of hydrogen-bond donors (Lipinski definition) is 2. The van der Waals surface area contributed by atoms with Crippen molar-refractivity contribution >= 4 is 23.4 Å². The van der Waals surface area contributed by atoms with E-state index in [0.717, 1.165) is 12.8 Å². The highest BCUT2D eigenvalue weighted by molar-refractivity contribution is 6.00. The number of likely N-dealkylation sites (N-methyl/N-ethyl adjacent to an activating group) is 1. The Bertz CT molecular complexity index is 901. The standard InChI is InChI=1S/C25H35N3O6/c1-3-10-26-23(29)14-18-5-6-20-22(34-18)15-33-21-7-4-17(13-19(21)25(31)28(20)2)27-24(30)16-8-11-32-12-9-16/h4,7,13,16,18,20,22H,3,5-6,8-12,14-15H2,1-2H3,(H,26,29)(H,27,30)/t18-,20-,22-/m1/s1. The number of amides is 3. The first-order valence-corrected chi connectivity index (χ1v) is 12.3. The molecule has 9 nitrogen and oxygen atoms in total. The number of carbonyl (C=O) groups excluding carboxylic acids is 3. The van der Waals surface area contributed by atoms with Crippen LogP contribution in [0.3, 0.4) is 0 Å². The molecule has 3 atom stereocenters. The van der Waals surface area contributed by atoms with Crippen LogP contribution in [0.15, 0.2) is 18.2 Å². The molecule has 0 bridgehead atoms. The van der Waals surface area contributed by atoms with Crippen LogP contribution in [0.2, 0.25) is 0 Å². The Morgan fingerprint density at radius 2 is 1.94 bits per heavy atom. The van der Waals surface area contributed by atoms with E-state index in [9.17, 15) is 14.4 Å². The molecule has 3 heterocycles. The van der Waals surface area contributed by atoms with Crippen molar-refractivity contribution in [1.29, 1.82) is 0 Å². The third-order valence-electron chi connectivity index (χ3n) is 6.86. The number of hydrogen-bond acceptors (Lipinski definition) is 6. The van der Waals surface area contributed by atoms with Gasteiger partial charge in [0.1, 0.15) is 18.5 Å². The number of carbonyl (C=O) groups is 3. The van der Waals surface area contributed by atoms with Crippen molar-refractivity contribution < 1.29 is 28.6 Å². The summed E-state index contributed by atoms with van der Waals surface area (Å²) < 4.78 is 17.5. The molecule has 1 aromatic carbocycles. The summed E-state index contributed by atoms with van der Waals surface area (Å²) in [6.07, 6.45) is 3.54. The van der Waals surface area contributed by atoms with E-state index in [1.807, 2.05) is 6.92 Å². The van der Waals surface area contributed by atoms with E-state index in [0.29, 0.717) is 62.4 Å². The largest absolute Gasteiger partial charge is 0.490 e. The molecule has 9 heteroatoms. The molecule has 2 N–H and O–H groups in total. The molecule has 186 valence electrons. The minimum absolute atomic E-state index is 0.0119. The minimum atomic E-state index is -0.312. The summed E-state index contributed by atoms with van der Waals surface area (Å²) in [4.78, 5) is 39.8. The van der Waals surface area contributed by atoms with Crippen LogP contribution in [0.25, 0.3) is 0 Å². The molecule has 3 aliphatic heterocycles. The molecule has 2 saturated heterocycles. The summed E-state index contributed by atoms with van der Waals surface area (Å²) in [7, 11) is 1.78. The highest BCUT2D eigenvalue weighted by atomic mass is 16.5. The van der Waals surface area contributed by atoms with Crippen LogP contribution in [-0.2, 0) is 19.1 Å². The van der Waals surface area contributed by atoms with E-state index in [2.05, 4.69) is 10.6 Å². The van der Waals surface area contributed by atoms with Gasteiger partial charge in [0, 0.05) is 38.4 Å². The Hall–Kier alpha value is -2.65. The highest BCUT2D eigenvalue weighted by Crippen LogP contribution is 2.32. The van der Waals surface area contributed by atoms with Gasteiger partial charge in [0.25, 0.3) is 5.91 Å². The number of nitrogens with one attached hydrogen (secondary N) is 2. The molecule has 34 heavy (non-hydrogen) atoms. The van der Waals surface area contributed by atoms with Gasteiger partial charge in [0.2, 0.25) is 11.8 Å². The molecule has 0 spiro atoms. The van der Waals surface area contributed by atoms with Crippen molar-refractivity contribution in [2.45, 2.75) is 63.7 Å². The van der Waals surface area contributed by atoms with Gasteiger partial charge in [-0.05, 0) is 50.3 Å². The number of nitrogens with zero attached hydrogens (tertiary/aromatic N) is 1. The lowest BCUT2D eigenvalue weighted by Gasteiger charge is -2.42. The quantitative estimate of drug-likeness (QED) is 0.657. The van der Waals surface area contributed by atoms with Crippen LogP contribution in [0, 0.1) is 5.92 Å². The van der Waals surface area contributed by atoms with Gasteiger partial charge in [-0.1, -0.05) is 6.92 Å². The van der Waals surface area contributed by atoms with Gasteiger partial charge in [-0.2, -0.15) is 0 Å². The summed E-state index contributed by atoms with van der Waals surface area (Å²) in [5, 5.41) is 5.84. The summed E-state index contributed by atoms with van der Waals surface area (Å²) >= 11 is 0. The maximum Gasteiger partial charge on any atom is 0.257 e. The number of ether oxygens (including phenoxy) is 3. The smallest absolute Gasteiger partial charge is 0.257 e. The van der Waals surface area contributed by atoms with Gasteiger partial charge < -0.3 is 29.7 Å². The van der Waals surface area contributed by atoms with E-state index >= 15 is 0 Å². The molecule has 0 radical (unpaired) electrons. The van der Waals surface area contributed by atoms with E-state index in [4.69, 9.17) is 14.2 Å². The van der Waals surface area contributed by atoms with Crippen LogP contribution in [0.5, 0.6) is 5.75 Å². The number of benzene rings is 1. The highest BCUT2D eigenvalue weighted by Gasteiger charge is 2.39. The second kappa shape index (κ2) is 11.2. The van der Waals surface area contributed by atoms with Crippen molar-refractivity contribution in [3.8, 4) is 5.75 Å². The topological polar surface area (TPSA) is 106 Å². The summed E-state index contributed by atoms with van der Waals surface area (Å²) in [5.74, 6) is 0.149. The Morgan fingerprint density at radius 3 is 2.71 bits per heavy atom. The molecule has 3 amide bonds. The molecular formula is C25H35N3O6. The monoisotopic (exact) mass is 473 g/mol. The number of anilines is 1. The zero-order valence-electron chi connectivity index (χ0n) is 20.0. The van der Waals surface area contributed by atoms with E-state index in [-0.39, 0.29) is 48.5 Å². The van der Waals surface area contributed by atoms with Crippen LogP contribution < -0.4 is 15.4 Å². The van der Waals surface area contributed by atoms with Crippen LogP contribution in [-0.4, -0.2) is 74.3 Å². The average molecular weight is 474 g/mol. The Kier molecular flexibility index (Phi) is 8.05. The van der Waals surface area contributed by atoms with Gasteiger partial charge >= 0.3 is 0 Å². The van der Waals surface area contributed by atoms with Crippen molar-refractivity contribution in [1.82, 2.24) is 10.2 Å². The fourth-order valence-electron chi connectivity index (χ4n) is 4.85. The first-order valence-electron chi connectivity index (χ1n) is 12.3. The summed E-state index contributed by atoms with van der Waals surface area (Å²) in [6.45, 7) is 4.15. The molecule has 0 saturated carbocycles. The lowest BCUT2D eigenvalue weighted by Crippen LogP contribution is -2.54. The number of rotatable bonds is 6. The molecular weight excluding hydrogens is 438 g/mol. The van der Waals surface area contributed by atoms with Crippen molar-refractivity contribution in [2.75, 3.05) is 38.7 Å². The maximum atomic E-state index is 13.4. The maximum absolute atomic E-state index is 13.4. The second-order valence-electron chi connectivity index (χ2n) is 9.31. The summed E-state index contributed by atoms with van der Waals surface area (Å²) in [5.41, 5.74) is 1.00. The second-order valence-corrected chi connectivity index (χ2v) is 9.31. The Labute approximate surface area is 200 Å². The summed E-state index contributed by atoms with van der Waals surface area (Å²) in [6, 6.07) is 5.02.